The Hall–Kier alpha value is -4.20. The minimum Gasteiger partial charge on any atom is -0.508 e. The highest BCUT2D eigenvalue weighted by molar-refractivity contribution is 5.96. The number of benzene rings is 1. The van der Waals surface area contributed by atoms with Crippen molar-refractivity contribution in [3.8, 4) is 5.75 Å². The van der Waals surface area contributed by atoms with Crippen molar-refractivity contribution in [1.29, 1.82) is 0 Å². The quantitative estimate of drug-likeness (QED) is 0.129. The predicted molar refractivity (Wildman–Crippen MR) is 126 cm³/mol. The molecule has 0 bridgehead atoms. The van der Waals surface area contributed by atoms with Crippen molar-refractivity contribution in [2.75, 3.05) is 0 Å². The van der Waals surface area contributed by atoms with Gasteiger partial charge in [-0.15, -0.1) is 0 Å². The van der Waals surface area contributed by atoms with E-state index in [1.165, 1.54) is 12.1 Å². The van der Waals surface area contributed by atoms with E-state index in [4.69, 9.17) is 17.2 Å². The zero-order valence-corrected chi connectivity index (χ0v) is 19.9. The van der Waals surface area contributed by atoms with Crippen LogP contribution >= 0.6 is 0 Å². The Balaban J connectivity index is 2.95. The summed E-state index contributed by atoms with van der Waals surface area (Å²) in [5.41, 5.74) is 16.7. The number of carbonyl (C=O) groups excluding carboxylic acids is 5. The molecule has 1 rings (SSSR count). The summed E-state index contributed by atoms with van der Waals surface area (Å²) in [6.45, 7) is 3.12. The Morgan fingerprint density at radius 2 is 1.31 bits per heavy atom. The first kappa shape index (κ1) is 29.8. The fourth-order valence-electron chi connectivity index (χ4n) is 3.12. The van der Waals surface area contributed by atoms with Crippen LogP contribution in [-0.2, 0) is 35.2 Å². The summed E-state index contributed by atoms with van der Waals surface area (Å²) in [4.78, 5) is 72.0. The van der Waals surface area contributed by atoms with Crippen LogP contribution in [0.2, 0.25) is 0 Å². The van der Waals surface area contributed by atoms with Gasteiger partial charge in [0.15, 0.2) is 0 Å². The van der Waals surface area contributed by atoms with E-state index in [0.29, 0.717) is 5.56 Å². The Morgan fingerprint density at radius 3 is 1.78 bits per heavy atom. The number of phenolic OH excluding ortho intramolecular Hbond substituents is 1. The van der Waals surface area contributed by atoms with Crippen LogP contribution in [-0.4, -0.2) is 69.9 Å². The van der Waals surface area contributed by atoms with Gasteiger partial charge in [-0.05, 0) is 30.0 Å². The number of amides is 5. The number of phenols is 1. The maximum Gasteiger partial charge on any atom is 0.326 e. The van der Waals surface area contributed by atoms with Crippen molar-refractivity contribution in [3.63, 3.8) is 0 Å². The first-order valence-electron chi connectivity index (χ1n) is 10.9. The lowest BCUT2D eigenvalue weighted by molar-refractivity contribution is -0.144. The van der Waals surface area contributed by atoms with Crippen molar-refractivity contribution in [1.82, 2.24) is 16.0 Å². The van der Waals surface area contributed by atoms with Gasteiger partial charge in [-0.1, -0.05) is 26.0 Å². The molecule has 0 radical (unpaired) electrons. The van der Waals surface area contributed by atoms with Crippen LogP contribution in [0.3, 0.4) is 0 Å². The molecule has 14 heteroatoms. The monoisotopic (exact) mass is 508 g/mol. The average Bonchev–Trinajstić information content (AvgIpc) is 2.76. The van der Waals surface area contributed by atoms with Gasteiger partial charge in [-0.25, -0.2) is 4.79 Å². The van der Waals surface area contributed by atoms with Gasteiger partial charge in [0, 0.05) is 0 Å². The van der Waals surface area contributed by atoms with Crippen LogP contribution in [0.25, 0.3) is 0 Å². The number of carboxylic acid groups (broad SMARTS) is 1. The van der Waals surface area contributed by atoms with E-state index in [0.717, 1.165) is 0 Å². The van der Waals surface area contributed by atoms with Gasteiger partial charge in [0.25, 0.3) is 0 Å². The lowest BCUT2D eigenvalue weighted by atomic mass is 10.0. The zero-order valence-electron chi connectivity index (χ0n) is 19.9. The number of carboxylic acids is 1. The zero-order chi connectivity index (χ0) is 27.6. The van der Waals surface area contributed by atoms with Gasteiger partial charge in [0.2, 0.25) is 29.5 Å². The van der Waals surface area contributed by atoms with Crippen LogP contribution < -0.4 is 33.2 Å². The summed E-state index contributed by atoms with van der Waals surface area (Å²) in [5, 5.41) is 25.4. The molecule has 14 nitrogen and oxygen atoms in total. The molecule has 1 aromatic rings. The third kappa shape index (κ3) is 9.97. The molecule has 0 saturated carbocycles. The number of carbonyl (C=O) groups is 6. The molecule has 0 fully saturated rings. The average molecular weight is 509 g/mol. The van der Waals surface area contributed by atoms with Crippen molar-refractivity contribution in [2.45, 2.75) is 57.3 Å². The highest BCUT2D eigenvalue weighted by Gasteiger charge is 2.33. The van der Waals surface area contributed by atoms with Gasteiger partial charge in [-0.3, -0.25) is 24.0 Å². The number of hydrogen-bond acceptors (Lipinski definition) is 8. The third-order valence-corrected chi connectivity index (χ3v) is 5.03. The fourth-order valence-corrected chi connectivity index (χ4v) is 3.12. The second kappa shape index (κ2) is 13.6. The van der Waals surface area contributed by atoms with Crippen LogP contribution in [0.5, 0.6) is 5.75 Å². The molecule has 0 aliphatic heterocycles. The van der Waals surface area contributed by atoms with Gasteiger partial charge < -0.3 is 43.4 Å². The van der Waals surface area contributed by atoms with Crippen LogP contribution in [0.4, 0.5) is 0 Å². The standard InChI is InChI=1S/C22H32N6O8/c1-10(2)18(21(34)27-15(22(35)36)9-17(25)31)28-20(33)14(8-16(24)30)26-19(32)13(23)7-11-3-5-12(29)6-4-11/h3-6,10,13-15,18,29H,7-9,23H2,1-2H3,(H2,24,30)(H2,25,31)(H,26,32)(H,27,34)(H,28,33)(H,35,36). The molecule has 198 valence electrons. The maximum absolute atomic E-state index is 12.9. The summed E-state index contributed by atoms with van der Waals surface area (Å²) in [6, 6.07) is 0.451. The highest BCUT2D eigenvalue weighted by atomic mass is 16.4. The first-order chi connectivity index (χ1) is 16.7. The molecule has 0 aliphatic rings. The molecule has 11 N–H and O–H groups in total. The molecule has 0 heterocycles. The molecular weight excluding hydrogens is 476 g/mol. The number of aromatic hydroxyl groups is 1. The van der Waals surface area contributed by atoms with Crippen molar-refractivity contribution in [3.05, 3.63) is 29.8 Å². The summed E-state index contributed by atoms with van der Waals surface area (Å²) in [7, 11) is 0. The number of aliphatic carboxylic acids is 1. The fraction of sp³-hybridized carbons (Fsp3) is 0.455. The largest absolute Gasteiger partial charge is 0.508 e. The molecular formula is C22H32N6O8. The molecule has 4 atom stereocenters. The molecule has 36 heavy (non-hydrogen) atoms. The number of hydrogen-bond donors (Lipinski definition) is 8. The van der Waals surface area contributed by atoms with Gasteiger partial charge in [0.1, 0.15) is 23.9 Å². The van der Waals surface area contributed by atoms with Gasteiger partial charge >= 0.3 is 5.97 Å². The highest BCUT2D eigenvalue weighted by Crippen LogP contribution is 2.11. The number of nitrogens with two attached hydrogens (primary N) is 3. The Morgan fingerprint density at radius 1 is 0.806 bits per heavy atom. The second-order valence-corrected chi connectivity index (χ2v) is 8.51. The third-order valence-electron chi connectivity index (χ3n) is 5.03. The first-order valence-corrected chi connectivity index (χ1v) is 10.9. The minimum atomic E-state index is -1.62. The predicted octanol–water partition coefficient (Wildman–Crippen LogP) is -2.79. The van der Waals surface area contributed by atoms with E-state index in [2.05, 4.69) is 16.0 Å². The number of primary amides is 2. The smallest absolute Gasteiger partial charge is 0.326 e. The van der Waals surface area contributed by atoms with Crippen LogP contribution in [0.15, 0.2) is 24.3 Å². The van der Waals surface area contributed by atoms with Crippen LogP contribution in [0, 0.1) is 5.92 Å². The van der Waals surface area contributed by atoms with Gasteiger partial charge in [0.05, 0.1) is 18.9 Å². The second-order valence-electron chi connectivity index (χ2n) is 8.51. The molecule has 5 amide bonds. The maximum atomic E-state index is 12.9. The van der Waals surface area contributed by atoms with Crippen molar-refractivity contribution >= 4 is 35.5 Å². The molecule has 0 aliphatic carbocycles. The molecule has 4 unspecified atom stereocenters. The normalized spacial score (nSPS) is 14.1. The van der Waals surface area contributed by atoms with Crippen LogP contribution in [0.1, 0.15) is 32.3 Å². The number of rotatable bonds is 14. The summed E-state index contributed by atoms with van der Waals surface area (Å²) < 4.78 is 0. The summed E-state index contributed by atoms with van der Waals surface area (Å²) in [5.74, 6) is -6.53. The molecule has 0 saturated heterocycles. The Bertz CT molecular complexity index is 981. The van der Waals surface area contributed by atoms with E-state index < -0.39 is 78.4 Å². The lowest BCUT2D eigenvalue weighted by Crippen LogP contribution is -2.59. The summed E-state index contributed by atoms with van der Waals surface area (Å²) >= 11 is 0. The SMILES string of the molecule is CC(C)C(NC(=O)C(CC(N)=O)NC(=O)C(N)Cc1ccc(O)cc1)C(=O)NC(CC(N)=O)C(=O)O. The van der Waals surface area contributed by atoms with E-state index in [1.54, 1.807) is 26.0 Å². The van der Waals surface area contributed by atoms with E-state index >= 15 is 0 Å². The molecule has 0 aromatic heterocycles. The van der Waals surface area contributed by atoms with Crippen molar-refractivity contribution < 1.29 is 39.0 Å². The van der Waals surface area contributed by atoms with E-state index in [9.17, 15) is 39.0 Å². The summed E-state index contributed by atoms with van der Waals surface area (Å²) in [6.07, 6.45) is -1.21. The number of nitrogens with one attached hydrogen (secondary N) is 3. The Labute approximate surface area is 206 Å². The van der Waals surface area contributed by atoms with Crippen molar-refractivity contribution in [2.24, 2.45) is 23.1 Å². The van der Waals surface area contributed by atoms with E-state index in [1.807, 2.05) is 0 Å². The Kier molecular flexibility index (Phi) is 11.3. The van der Waals surface area contributed by atoms with Gasteiger partial charge in [-0.2, -0.15) is 0 Å². The topological polar surface area (TPSA) is 257 Å². The lowest BCUT2D eigenvalue weighted by Gasteiger charge is -2.26. The minimum absolute atomic E-state index is 0.0306. The molecule has 0 spiro atoms. The van der Waals surface area contributed by atoms with E-state index in [-0.39, 0.29) is 12.2 Å². The molecule has 1 aromatic carbocycles.